The zero-order chi connectivity index (χ0) is 11.7. The second kappa shape index (κ2) is 5.06. The topological polar surface area (TPSA) is 32.3 Å². The molecule has 17 heavy (non-hydrogen) atoms. The Morgan fingerprint density at radius 3 is 3.06 bits per heavy atom. The molecule has 2 saturated heterocycles. The fourth-order valence-electron chi connectivity index (χ4n) is 2.89. The van der Waals surface area contributed by atoms with Gasteiger partial charge in [0.25, 0.3) is 0 Å². The zero-order valence-corrected chi connectivity index (χ0v) is 12.0. The van der Waals surface area contributed by atoms with E-state index >= 15 is 0 Å². The third kappa shape index (κ3) is 2.40. The minimum Gasteiger partial charge on any atom is -0.353 e. The van der Waals surface area contributed by atoms with Crippen molar-refractivity contribution in [1.29, 1.82) is 0 Å². The van der Waals surface area contributed by atoms with Crippen LogP contribution in [0.1, 0.15) is 19.3 Å². The van der Waals surface area contributed by atoms with Crippen molar-refractivity contribution >= 4 is 28.4 Å². The maximum atomic E-state index is 4.43. The SMILES string of the molecule is Ic1cncnc1N1CCN2CCCCC2C1. The number of nitrogens with zero attached hydrogens (tertiary/aromatic N) is 4. The van der Waals surface area contributed by atoms with Crippen LogP contribution in [0.4, 0.5) is 5.82 Å². The van der Waals surface area contributed by atoms with Gasteiger partial charge in [0.05, 0.1) is 3.57 Å². The van der Waals surface area contributed by atoms with Crippen molar-refractivity contribution in [2.24, 2.45) is 0 Å². The largest absolute Gasteiger partial charge is 0.353 e. The highest BCUT2D eigenvalue weighted by molar-refractivity contribution is 14.1. The van der Waals surface area contributed by atoms with Crippen LogP contribution in [-0.2, 0) is 0 Å². The fourth-order valence-corrected chi connectivity index (χ4v) is 3.53. The van der Waals surface area contributed by atoms with Crippen LogP contribution in [0.2, 0.25) is 0 Å². The molecule has 5 heteroatoms. The van der Waals surface area contributed by atoms with Gasteiger partial charge in [-0.2, -0.15) is 0 Å². The highest BCUT2D eigenvalue weighted by Gasteiger charge is 2.29. The van der Waals surface area contributed by atoms with Crippen LogP contribution in [0.25, 0.3) is 0 Å². The third-order valence-electron chi connectivity index (χ3n) is 3.79. The van der Waals surface area contributed by atoms with E-state index < -0.39 is 0 Å². The Morgan fingerprint density at radius 1 is 1.24 bits per heavy atom. The maximum Gasteiger partial charge on any atom is 0.145 e. The van der Waals surface area contributed by atoms with Crippen LogP contribution in [0, 0.1) is 3.57 Å². The number of hydrogen-bond donors (Lipinski definition) is 0. The van der Waals surface area contributed by atoms with Crippen molar-refractivity contribution in [2.75, 3.05) is 31.1 Å². The van der Waals surface area contributed by atoms with Gasteiger partial charge < -0.3 is 4.90 Å². The predicted octanol–water partition coefficient (Wildman–Crippen LogP) is 1.76. The maximum absolute atomic E-state index is 4.43. The number of hydrogen-bond acceptors (Lipinski definition) is 4. The molecule has 92 valence electrons. The molecule has 0 saturated carbocycles. The molecule has 1 aromatic rings. The number of piperazine rings is 1. The molecule has 0 radical (unpaired) electrons. The van der Waals surface area contributed by atoms with Crippen LogP contribution in [0.5, 0.6) is 0 Å². The number of rotatable bonds is 1. The average Bonchev–Trinajstić information content (AvgIpc) is 2.39. The first kappa shape index (κ1) is 11.6. The lowest BCUT2D eigenvalue weighted by atomic mass is 9.99. The van der Waals surface area contributed by atoms with Gasteiger partial charge >= 0.3 is 0 Å². The monoisotopic (exact) mass is 344 g/mol. The summed E-state index contributed by atoms with van der Waals surface area (Å²) < 4.78 is 1.16. The standard InChI is InChI=1S/C12H17IN4/c13-11-7-14-9-15-12(11)17-6-5-16-4-2-1-3-10(16)8-17/h7,9-10H,1-6,8H2. The molecule has 0 aromatic carbocycles. The first-order valence-corrected chi connectivity index (χ1v) is 7.37. The number of anilines is 1. The van der Waals surface area contributed by atoms with Crippen molar-refractivity contribution in [3.63, 3.8) is 0 Å². The molecule has 4 nitrogen and oxygen atoms in total. The normalized spacial score (nSPS) is 25.7. The van der Waals surface area contributed by atoms with E-state index in [-0.39, 0.29) is 0 Å². The first-order valence-electron chi connectivity index (χ1n) is 6.29. The molecular formula is C12H17IN4. The quantitative estimate of drug-likeness (QED) is 0.727. The number of halogens is 1. The second-order valence-electron chi connectivity index (χ2n) is 4.83. The summed E-state index contributed by atoms with van der Waals surface area (Å²) in [6.45, 7) is 4.71. The first-order chi connectivity index (χ1) is 8.34. The molecule has 3 rings (SSSR count). The Bertz CT molecular complexity index is 398. The van der Waals surface area contributed by atoms with E-state index in [0.29, 0.717) is 0 Å². The van der Waals surface area contributed by atoms with Crippen LogP contribution in [0.3, 0.4) is 0 Å². The Hall–Kier alpha value is -0.430. The van der Waals surface area contributed by atoms with E-state index in [1.807, 2.05) is 6.20 Å². The van der Waals surface area contributed by atoms with Gasteiger partial charge in [0.2, 0.25) is 0 Å². The van der Waals surface area contributed by atoms with E-state index in [1.165, 1.54) is 32.4 Å². The van der Waals surface area contributed by atoms with E-state index in [2.05, 4.69) is 42.4 Å². The van der Waals surface area contributed by atoms with Crippen LogP contribution < -0.4 is 4.90 Å². The molecule has 2 aliphatic rings. The van der Waals surface area contributed by atoms with Crippen LogP contribution in [-0.4, -0.2) is 47.1 Å². The Balaban J connectivity index is 1.76. The average molecular weight is 344 g/mol. The Labute approximate surface area is 116 Å². The molecule has 0 bridgehead atoms. The molecule has 0 aliphatic carbocycles. The number of fused-ring (bicyclic) bond motifs is 1. The van der Waals surface area contributed by atoms with E-state index in [9.17, 15) is 0 Å². The van der Waals surface area contributed by atoms with Crippen molar-refractivity contribution in [2.45, 2.75) is 25.3 Å². The highest BCUT2D eigenvalue weighted by Crippen LogP contribution is 2.25. The summed E-state index contributed by atoms with van der Waals surface area (Å²) in [5.41, 5.74) is 0. The zero-order valence-electron chi connectivity index (χ0n) is 9.85. The summed E-state index contributed by atoms with van der Waals surface area (Å²) in [6.07, 6.45) is 7.66. The molecule has 2 fully saturated rings. The van der Waals surface area contributed by atoms with E-state index in [0.717, 1.165) is 28.5 Å². The molecule has 0 N–H and O–H groups in total. The van der Waals surface area contributed by atoms with Crippen molar-refractivity contribution < 1.29 is 0 Å². The van der Waals surface area contributed by atoms with Gasteiger partial charge in [-0.25, -0.2) is 9.97 Å². The van der Waals surface area contributed by atoms with Gasteiger partial charge in [0.15, 0.2) is 0 Å². The summed E-state index contributed by atoms with van der Waals surface area (Å²) in [6, 6.07) is 0.739. The molecule has 1 unspecified atom stereocenters. The molecule has 2 aliphatic heterocycles. The van der Waals surface area contributed by atoms with Crippen molar-refractivity contribution in [1.82, 2.24) is 14.9 Å². The number of piperidine rings is 1. The lowest BCUT2D eigenvalue weighted by molar-refractivity contribution is 0.133. The van der Waals surface area contributed by atoms with Crippen molar-refractivity contribution in [3.05, 3.63) is 16.1 Å². The Morgan fingerprint density at radius 2 is 2.18 bits per heavy atom. The molecule has 3 heterocycles. The molecule has 0 spiro atoms. The second-order valence-corrected chi connectivity index (χ2v) is 5.99. The lowest BCUT2D eigenvalue weighted by Gasteiger charge is -2.44. The Kier molecular flexibility index (Phi) is 3.46. The molecule has 1 aromatic heterocycles. The van der Waals surface area contributed by atoms with Crippen LogP contribution in [0.15, 0.2) is 12.5 Å². The number of aromatic nitrogens is 2. The van der Waals surface area contributed by atoms with E-state index in [1.54, 1.807) is 6.33 Å². The van der Waals surface area contributed by atoms with Gasteiger partial charge in [0.1, 0.15) is 12.1 Å². The smallest absolute Gasteiger partial charge is 0.145 e. The van der Waals surface area contributed by atoms with Crippen LogP contribution >= 0.6 is 22.6 Å². The highest BCUT2D eigenvalue weighted by atomic mass is 127. The van der Waals surface area contributed by atoms with Gasteiger partial charge in [-0.3, -0.25) is 4.90 Å². The van der Waals surface area contributed by atoms with Gasteiger partial charge in [0, 0.05) is 31.9 Å². The molecular weight excluding hydrogens is 327 g/mol. The van der Waals surface area contributed by atoms with Gasteiger partial charge in [-0.05, 0) is 42.0 Å². The van der Waals surface area contributed by atoms with Gasteiger partial charge in [-0.15, -0.1) is 0 Å². The molecule has 1 atom stereocenters. The third-order valence-corrected chi connectivity index (χ3v) is 4.55. The summed E-state index contributed by atoms with van der Waals surface area (Å²) in [5.74, 6) is 1.12. The summed E-state index contributed by atoms with van der Waals surface area (Å²) in [4.78, 5) is 13.6. The predicted molar refractivity (Wildman–Crippen MR) is 76.2 cm³/mol. The summed E-state index contributed by atoms with van der Waals surface area (Å²) in [5, 5.41) is 0. The minimum absolute atomic E-state index is 0.739. The van der Waals surface area contributed by atoms with E-state index in [4.69, 9.17) is 0 Å². The minimum atomic E-state index is 0.739. The van der Waals surface area contributed by atoms with Crippen molar-refractivity contribution in [3.8, 4) is 0 Å². The van der Waals surface area contributed by atoms with Gasteiger partial charge in [-0.1, -0.05) is 6.42 Å². The summed E-state index contributed by atoms with van der Waals surface area (Å²) >= 11 is 2.33. The lowest BCUT2D eigenvalue weighted by Crippen LogP contribution is -2.55. The molecule has 0 amide bonds. The summed E-state index contributed by atoms with van der Waals surface area (Å²) in [7, 11) is 0. The fraction of sp³-hybridized carbons (Fsp3) is 0.667.